The van der Waals surface area contributed by atoms with Crippen LogP contribution in [0.1, 0.15) is 59.3 Å². The first-order chi connectivity index (χ1) is 12.8. The molecular formula is C22H22FNO3. The second kappa shape index (κ2) is 7.35. The van der Waals surface area contributed by atoms with Crippen LogP contribution in [0.5, 0.6) is 0 Å². The van der Waals surface area contributed by atoms with Crippen molar-refractivity contribution in [3.8, 4) is 0 Å². The molecule has 0 unspecified atom stereocenters. The molecule has 0 amide bonds. The molecule has 140 valence electrons. The van der Waals surface area contributed by atoms with Crippen molar-refractivity contribution in [2.24, 2.45) is 5.16 Å². The molecule has 2 N–H and O–H groups in total. The summed E-state index contributed by atoms with van der Waals surface area (Å²) >= 11 is 0. The predicted molar refractivity (Wildman–Crippen MR) is 103 cm³/mol. The first-order valence-corrected chi connectivity index (χ1v) is 8.88. The maximum Gasteiger partial charge on any atom is 0.335 e. The number of rotatable bonds is 4. The van der Waals surface area contributed by atoms with E-state index < -0.39 is 11.8 Å². The van der Waals surface area contributed by atoms with Gasteiger partial charge in [0.25, 0.3) is 0 Å². The Labute approximate surface area is 157 Å². The van der Waals surface area contributed by atoms with Crippen molar-refractivity contribution in [3.63, 3.8) is 0 Å². The fourth-order valence-corrected chi connectivity index (χ4v) is 3.59. The summed E-state index contributed by atoms with van der Waals surface area (Å²) in [7, 11) is 0. The molecule has 0 heterocycles. The van der Waals surface area contributed by atoms with Gasteiger partial charge >= 0.3 is 5.97 Å². The van der Waals surface area contributed by atoms with Gasteiger partial charge in [-0.25, -0.2) is 9.18 Å². The highest BCUT2D eigenvalue weighted by molar-refractivity contribution is 6.10. The molecule has 0 saturated heterocycles. The van der Waals surface area contributed by atoms with Crippen molar-refractivity contribution in [2.45, 2.75) is 38.5 Å². The number of fused-ring (bicyclic) bond motifs is 1. The smallest absolute Gasteiger partial charge is 0.335 e. The van der Waals surface area contributed by atoms with E-state index in [9.17, 15) is 14.4 Å². The Morgan fingerprint density at radius 2 is 1.93 bits per heavy atom. The highest BCUT2D eigenvalue weighted by Gasteiger charge is 2.27. The maximum atomic E-state index is 14.1. The van der Waals surface area contributed by atoms with Gasteiger partial charge in [-0.05, 0) is 66.2 Å². The molecule has 0 fully saturated rings. The van der Waals surface area contributed by atoms with E-state index in [1.807, 2.05) is 12.1 Å². The fourth-order valence-electron chi connectivity index (χ4n) is 3.59. The van der Waals surface area contributed by atoms with Crippen molar-refractivity contribution in [1.29, 1.82) is 0 Å². The van der Waals surface area contributed by atoms with E-state index in [1.54, 1.807) is 0 Å². The Morgan fingerprint density at radius 1 is 1.19 bits per heavy atom. The van der Waals surface area contributed by atoms with E-state index in [-0.39, 0.29) is 16.5 Å². The number of carbonyl (C=O) groups is 1. The topological polar surface area (TPSA) is 69.9 Å². The van der Waals surface area contributed by atoms with Crippen LogP contribution in [-0.2, 0) is 11.8 Å². The number of carboxylic acids is 1. The Hall–Kier alpha value is -2.95. The van der Waals surface area contributed by atoms with E-state index >= 15 is 0 Å². The minimum atomic E-state index is -1.18. The van der Waals surface area contributed by atoms with E-state index in [0.717, 1.165) is 30.9 Å². The molecule has 27 heavy (non-hydrogen) atoms. The third-order valence-electron chi connectivity index (χ3n) is 5.16. The van der Waals surface area contributed by atoms with Crippen LogP contribution in [-0.4, -0.2) is 22.0 Å². The minimum absolute atomic E-state index is 0.0621. The Bertz CT molecular complexity index is 945. The second-order valence-corrected chi connectivity index (χ2v) is 7.47. The number of oxime groups is 1. The number of aryl methyl sites for hydroxylation is 1. The second-order valence-electron chi connectivity index (χ2n) is 7.47. The van der Waals surface area contributed by atoms with Gasteiger partial charge in [0, 0.05) is 11.1 Å². The first kappa shape index (κ1) is 18.8. The number of benzene rings is 2. The van der Waals surface area contributed by atoms with Gasteiger partial charge in [-0.2, -0.15) is 0 Å². The molecule has 1 aliphatic carbocycles. The average molecular weight is 367 g/mol. The third kappa shape index (κ3) is 3.92. The lowest BCUT2D eigenvalue weighted by molar-refractivity contribution is 0.0696. The van der Waals surface area contributed by atoms with Gasteiger partial charge in [0.1, 0.15) is 11.5 Å². The number of aromatic carboxylic acids is 1. The molecule has 0 bridgehead atoms. The summed E-state index contributed by atoms with van der Waals surface area (Å²) in [6, 6.07) is 9.70. The Morgan fingerprint density at radius 3 is 2.59 bits per heavy atom. The summed E-state index contributed by atoms with van der Waals surface area (Å²) in [5.41, 5.74) is 3.81. The Balaban J connectivity index is 1.91. The zero-order valence-corrected chi connectivity index (χ0v) is 15.4. The molecule has 5 heteroatoms. The number of halogens is 1. The summed E-state index contributed by atoms with van der Waals surface area (Å²) in [6.07, 6.45) is 6.30. The number of carboxylic acid groups (broad SMARTS) is 1. The molecule has 0 atom stereocenters. The monoisotopic (exact) mass is 367 g/mol. The number of hydrogen-bond acceptors (Lipinski definition) is 3. The highest BCUT2D eigenvalue weighted by atomic mass is 19.1. The number of nitrogens with zero attached hydrogens (tertiary/aromatic N) is 1. The largest absolute Gasteiger partial charge is 0.478 e. The van der Waals surface area contributed by atoms with Crippen molar-refractivity contribution < 1.29 is 19.5 Å². The molecule has 0 aliphatic heterocycles. The van der Waals surface area contributed by atoms with Crippen molar-refractivity contribution in [2.75, 3.05) is 0 Å². The summed E-state index contributed by atoms with van der Waals surface area (Å²) in [5.74, 6) is -1.83. The maximum absolute atomic E-state index is 14.1. The summed E-state index contributed by atoms with van der Waals surface area (Å²) < 4.78 is 14.1. The lowest BCUT2D eigenvalue weighted by Crippen LogP contribution is -2.24. The van der Waals surface area contributed by atoms with Crippen LogP contribution in [0.15, 0.2) is 47.6 Å². The average Bonchev–Trinajstić information content (AvgIpc) is 2.63. The van der Waals surface area contributed by atoms with Crippen LogP contribution in [0.2, 0.25) is 0 Å². The third-order valence-corrected chi connectivity index (χ3v) is 5.16. The number of allylic oxidation sites excluding steroid dienone is 1. The van der Waals surface area contributed by atoms with E-state index in [2.05, 4.69) is 25.1 Å². The fraction of sp³-hybridized carbons (Fsp3) is 0.273. The summed E-state index contributed by atoms with van der Waals surface area (Å²) in [4.78, 5) is 10.9. The molecule has 1 aliphatic rings. The van der Waals surface area contributed by atoms with Crippen molar-refractivity contribution in [3.05, 3.63) is 76.1 Å². The van der Waals surface area contributed by atoms with Gasteiger partial charge in [0.15, 0.2) is 0 Å². The zero-order chi connectivity index (χ0) is 19.6. The molecule has 3 rings (SSSR count). The lowest BCUT2D eigenvalue weighted by Gasteiger charge is -2.33. The summed E-state index contributed by atoms with van der Waals surface area (Å²) in [6.45, 7) is 4.42. The van der Waals surface area contributed by atoms with E-state index in [1.165, 1.54) is 35.4 Å². The standard InChI is InChI=1S/C22H22FNO3/c1-22(2)11-3-4-14-5-7-16(12-18(14)22)20(24-27)10-9-15-6-8-17(21(25)26)13-19(15)23/h5-10,12-13,27H,3-4,11H2,1-2H3,(H,25,26)/b10-9+,24-20?. The lowest BCUT2D eigenvalue weighted by atomic mass is 9.72. The highest BCUT2D eigenvalue weighted by Crippen LogP contribution is 2.37. The molecule has 2 aromatic rings. The SMILES string of the molecule is CC1(C)CCCc2ccc(C(/C=C/c3ccc(C(=O)O)cc3F)=NO)cc21. The molecule has 4 nitrogen and oxygen atoms in total. The van der Waals surface area contributed by atoms with Crippen LogP contribution >= 0.6 is 0 Å². The normalized spacial score (nSPS) is 16.3. The van der Waals surface area contributed by atoms with E-state index in [4.69, 9.17) is 5.11 Å². The number of hydrogen-bond donors (Lipinski definition) is 2. The summed E-state index contributed by atoms with van der Waals surface area (Å²) in [5, 5.41) is 21.7. The van der Waals surface area contributed by atoms with Gasteiger partial charge in [-0.15, -0.1) is 0 Å². The van der Waals surface area contributed by atoms with Crippen LogP contribution in [0.4, 0.5) is 4.39 Å². The van der Waals surface area contributed by atoms with Crippen LogP contribution in [0.3, 0.4) is 0 Å². The van der Waals surface area contributed by atoms with Gasteiger partial charge in [-0.1, -0.05) is 37.2 Å². The van der Waals surface area contributed by atoms with Crippen LogP contribution in [0, 0.1) is 5.82 Å². The van der Waals surface area contributed by atoms with E-state index in [0.29, 0.717) is 5.71 Å². The van der Waals surface area contributed by atoms with Crippen molar-refractivity contribution >= 4 is 17.8 Å². The minimum Gasteiger partial charge on any atom is -0.478 e. The van der Waals surface area contributed by atoms with Gasteiger partial charge < -0.3 is 10.3 Å². The zero-order valence-electron chi connectivity index (χ0n) is 15.4. The molecule has 0 spiro atoms. The molecule has 0 saturated carbocycles. The molecular weight excluding hydrogens is 345 g/mol. The molecule has 0 aromatic heterocycles. The van der Waals surface area contributed by atoms with Gasteiger partial charge in [0.2, 0.25) is 0 Å². The van der Waals surface area contributed by atoms with Crippen LogP contribution < -0.4 is 0 Å². The van der Waals surface area contributed by atoms with Crippen LogP contribution in [0.25, 0.3) is 6.08 Å². The van der Waals surface area contributed by atoms with Gasteiger partial charge in [0.05, 0.1) is 5.56 Å². The van der Waals surface area contributed by atoms with Crippen molar-refractivity contribution in [1.82, 2.24) is 0 Å². The molecule has 2 aromatic carbocycles. The predicted octanol–water partition coefficient (Wildman–Crippen LogP) is 5.03. The quantitative estimate of drug-likeness (QED) is 0.452. The first-order valence-electron chi connectivity index (χ1n) is 8.88. The Kier molecular flexibility index (Phi) is 5.13. The van der Waals surface area contributed by atoms with Gasteiger partial charge in [-0.3, -0.25) is 0 Å². The molecule has 0 radical (unpaired) electrons.